The monoisotopic (exact) mass is 309 g/mol. The molecule has 6 nitrogen and oxygen atoms in total. The summed E-state index contributed by atoms with van der Waals surface area (Å²) < 4.78 is 10.1. The fraction of sp³-hybridized carbons (Fsp3) is 0.118. The second kappa shape index (κ2) is 6.74. The van der Waals surface area contributed by atoms with Crippen LogP contribution in [0.5, 0.6) is 5.75 Å². The first-order valence-electron chi connectivity index (χ1n) is 7.09. The number of rotatable bonds is 5. The lowest BCUT2D eigenvalue weighted by atomic mass is 10.1. The minimum atomic E-state index is -0.335. The second-order valence-corrected chi connectivity index (χ2v) is 4.98. The van der Waals surface area contributed by atoms with Crippen LogP contribution in [-0.4, -0.2) is 22.8 Å². The van der Waals surface area contributed by atoms with Gasteiger partial charge in [0.1, 0.15) is 5.75 Å². The number of ether oxygens (including phenoxy) is 1. The highest BCUT2D eigenvalue weighted by atomic mass is 16.6. The van der Waals surface area contributed by atoms with E-state index in [1.54, 1.807) is 12.1 Å². The molecule has 116 valence electrons. The minimum Gasteiger partial charge on any atom is -0.484 e. The average Bonchev–Trinajstić information content (AvgIpc) is 3.03. The molecular formula is C17H15N3O3. The van der Waals surface area contributed by atoms with Gasteiger partial charge in [-0.2, -0.15) is 0 Å². The van der Waals surface area contributed by atoms with Gasteiger partial charge in [-0.1, -0.05) is 48.0 Å². The molecule has 0 aliphatic carbocycles. The maximum absolute atomic E-state index is 12.0. The molecule has 2 aromatic carbocycles. The molecule has 0 unspecified atom stereocenters. The maximum atomic E-state index is 12.0. The zero-order chi connectivity index (χ0) is 16.1. The van der Waals surface area contributed by atoms with E-state index >= 15 is 0 Å². The van der Waals surface area contributed by atoms with Gasteiger partial charge in [0.25, 0.3) is 5.91 Å². The molecule has 0 radical (unpaired) electrons. The number of carbonyl (C=O) groups is 1. The molecule has 1 aromatic heterocycles. The van der Waals surface area contributed by atoms with Gasteiger partial charge >= 0.3 is 0 Å². The lowest BCUT2D eigenvalue weighted by Crippen LogP contribution is -2.20. The topological polar surface area (TPSA) is 77.3 Å². The lowest BCUT2D eigenvalue weighted by molar-refractivity contribution is -0.118. The smallest absolute Gasteiger partial charge is 0.263 e. The summed E-state index contributed by atoms with van der Waals surface area (Å²) in [5.74, 6) is 0.563. The number of carbonyl (C=O) groups excluding carboxylic acids is 1. The fourth-order valence-electron chi connectivity index (χ4n) is 2.01. The Morgan fingerprint density at radius 2 is 1.83 bits per heavy atom. The van der Waals surface area contributed by atoms with E-state index in [1.807, 2.05) is 49.4 Å². The molecule has 0 aliphatic rings. The number of nitrogens with zero attached hydrogens (tertiary/aromatic N) is 2. The van der Waals surface area contributed by atoms with Crippen LogP contribution in [-0.2, 0) is 4.79 Å². The third-order valence-electron chi connectivity index (χ3n) is 3.18. The number of anilines is 1. The SMILES string of the molecule is Cc1ccc(-c2nonc2NC(=O)COc2ccccc2)cc1. The standard InChI is InChI=1S/C17H15N3O3/c1-12-7-9-13(10-8-12)16-17(20-23-19-16)18-15(21)11-22-14-5-3-2-4-6-14/h2-10H,11H2,1H3,(H,18,20,21). The highest BCUT2D eigenvalue weighted by molar-refractivity contribution is 5.94. The minimum absolute atomic E-state index is 0.121. The molecule has 0 saturated heterocycles. The quantitative estimate of drug-likeness (QED) is 0.783. The molecular weight excluding hydrogens is 294 g/mol. The summed E-state index contributed by atoms with van der Waals surface area (Å²) in [6, 6.07) is 16.8. The first kappa shape index (κ1) is 14.8. The molecule has 3 aromatic rings. The van der Waals surface area contributed by atoms with E-state index in [2.05, 4.69) is 15.6 Å². The van der Waals surface area contributed by atoms with Crippen LogP contribution in [0.25, 0.3) is 11.3 Å². The summed E-state index contributed by atoms with van der Waals surface area (Å²) in [7, 11) is 0. The largest absolute Gasteiger partial charge is 0.484 e. The van der Waals surface area contributed by atoms with Crippen LogP contribution in [0.4, 0.5) is 5.82 Å². The number of amides is 1. The molecule has 1 N–H and O–H groups in total. The van der Waals surface area contributed by atoms with Gasteiger partial charge < -0.3 is 10.1 Å². The van der Waals surface area contributed by atoms with Crippen LogP contribution in [0.3, 0.4) is 0 Å². The molecule has 0 saturated carbocycles. The van der Waals surface area contributed by atoms with E-state index in [4.69, 9.17) is 9.37 Å². The van der Waals surface area contributed by atoms with Gasteiger partial charge in [-0.3, -0.25) is 4.79 Å². The van der Waals surface area contributed by atoms with Gasteiger partial charge in [0.05, 0.1) is 0 Å². The van der Waals surface area contributed by atoms with Crippen LogP contribution in [0.15, 0.2) is 59.2 Å². The van der Waals surface area contributed by atoms with Crippen molar-refractivity contribution >= 4 is 11.7 Å². The van der Waals surface area contributed by atoms with E-state index < -0.39 is 0 Å². The van der Waals surface area contributed by atoms with E-state index in [9.17, 15) is 4.79 Å². The summed E-state index contributed by atoms with van der Waals surface area (Å²) in [4.78, 5) is 12.0. The summed E-state index contributed by atoms with van der Waals surface area (Å²) in [5.41, 5.74) is 2.43. The van der Waals surface area contributed by atoms with Crippen molar-refractivity contribution in [2.45, 2.75) is 6.92 Å². The highest BCUT2D eigenvalue weighted by Crippen LogP contribution is 2.24. The number of hydrogen-bond donors (Lipinski definition) is 1. The van der Waals surface area contributed by atoms with Crippen molar-refractivity contribution in [2.75, 3.05) is 11.9 Å². The van der Waals surface area contributed by atoms with Crippen molar-refractivity contribution in [1.82, 2.24) is 10.3 Å². The van der Waals surface area contributed by atoms with Gasteiger partial charge in [-0.25, -0.2) is 4.63 Å². The molecule has 3 rings (SSSR count). The average molecular weight is 309 g/mol. The molecule has 23 heavy (non-hydrogen) atoms. The van der Waals surface area contributed by atoms with Crippen molar-refractivity contribution in [3.63, 3.8) is 0 Å². The van der Waals surface area contributed by atoms with Crippen LogP contribution in [0, 0.1) is 6.92 Å². The van der Waals surface area contributed by atoms with Crippen molar-refractivity contribution in [1.29, 1.82) is 0 Å². The van der Waals surface area contributed by atoms with Crippen LogP contribution < -0.4 is 10.1 Å². The van der Waals surface area contributed by atoms with Crippen LogP contribution in [0.1, 0.15) is 5.56 Å². The number of hydrogen-bond acceptors (Lipinski definition) is 5. The van der Waals surface area contributed by atoms with Crippen molar-refractivity contribution in [3.05, 3.63) is 60.2 Å². The molecule has 0 aliphatic heterocycles. The fourth-order valence-corrected chi connectivity index (χ4v) is 2.01. The molecule has 0 bridgehead atoms. The van der Waals surface area contributed by atoms with Gasteiger partial charge in [-0.05, 0) is 29.4 Å². The Bertz CT molecular complexity index is 782. The van der Waals surface area contributed by atoms with E-state index in [0.29, 0.717) is 11.4 Å². The lowest BCUT2D eigenvalue weighted by Gasteiger charge is -2.06. The second-order valence-electron chi connectivity index (χ2n) is 4.98. The Morgan fingerprint density at radius 3 is 2.57 bits per heavy atom. The first-order valence-corrected chi connectivity index (χ1v) is 7.09. The number of aromatic nitrogens is 2. The zero-order valence-corrected chi connectivity index (χ0v) is 12.5. The van der Waals surface area contributed by atoms with Crippen LogP contribution in [0.2, 0.25) is 0 Å². The number of benzene rings is 2. The zero-order valence-electron chi connectivity index (χ0n) is 12.5. The Hall–Kier alpha value is -3.15. The normalized spacial score (nSPS) is 10.3. The number of para-hydroxylation sites is 1. The molecule has 6 heteroatoms. The summed E-state index contributed by atoms with van der Waals surface area (Å²) in [6.07, 6.45) is 0. The Labute approximate surface area is 133 Å². The molecule has 0 fully saturated rings. The van der Waals surface area contributed by atoms with E-state index in [0.717, 1.165) is 11.1 Å². The summed E-state index contributed by atoms with van der Waals surface area (Å²) in [5, 5.41) is 10.2. The van der Waals surface area contributed by atoms with Gasteiger partial charge in [0.15, 0.2) is 12.3 Å². The summed E-state index contributed by atoms with van der Waals surface area (Å²) in [6.45, 7) is 1.87. The predicted octanol–water partition coefficient (Wildman–Crippen LogP) is 3.06. The number of nitrogens with one attached hydrogen (secondary N) is 1. The van der Waals surface area contributed by atoms with Crippen LogP contribution >= 0.6 is 0 Å². The molecule has 1 amide bonds. The Kier molecular flexibility index (Phi) is 4.33. The Balaban J connectivity index is 1.65. The molecule has 0 atom stereocenters. The van der Waals surface area contributed by atoms with E-state index in [1.165, 1.54) is 0 Å². The highest BCUT2D eigenvalue weighted by Gasteiger charge is 2.15. The third-order valence-corrected chi connectivity index (χ3v) is 3.18. The summed E-state index contributed by atoms with van der Waals surface area (Å²) >= 11 is 0. The first-order chi connectivity index (χ1) is 11.2. The number of aryl methyl sites for hydroxylation is 1. The molecule has 0 spiro atoms. The van der Waals surface area contributed by atoms with Crippen molar-refractivity contribution in [2.24, 2.45) is 0 Å². The maximum Gasteiger partial charge on any atom is 0.263 e. The Morgan fingerprint density at radius 1 is 1.09 bits per heavy atom. The van der Waals surface area contributed by atoms with Gasteiger partial charge in [-0.15, -0.1) is 0 Å². The van der Waals surface area contributed by atoms with Gasteiger partial charge in [0.2, 0.25) is 5.82 Å². The van der Waals surface area contributed by atoms with E-state index in [-0.39, 0.29) is 18.3 Å². The molecule has 1 heterocycles. The van der Waals surface area contributed by atoms with Crippen molar-refractivity contribution in [3.8, 4) is 17.0 Å². The van der Waals surface area contributed by atoms with Gasteiger partial charge in [0, 0.05) is 5.56 Å². The third kappa shape index (κ3) is 3.74. The van der Waals surface area contributed by atoms with Crippen molar-refractivity contribution < 1.29 is 14.2 Å². The predicted molar refractivity (Wildman–Crippen MR) is 85.0 cm³/mol.